The van der Waals surface area contributed by atoms with Gasteiger partial charge in [-0.25, -0.2) is 4.79 Å². The molecular weight excluding hydrogens is 282 g/mol. The lowest BCUT2D eigenvalue weighted by Crippen LogP contribution is -2.24. The number of aromatic nitrogens is 3. The predicted octanol–water partition coefficient (Wildman–Crippen LogP) is 1.52. The highest BCUT2D eigenvalue weighted by molar-refractivity contribution is 7.99. The van der Waals surface area contributed by atoms with E-state index in [0.717, 1.165) is 11.8 Å². The number of esters is 1. The molecule has 20 heavy (non-hydrogen) atoms. The van der Waals surface area contributed by atoms with Crippen molar-refractivity contribution in [2.75, 3.05) is 12.9 Å². The summed E-state index contributed by atoms with van der Waals surface area (Å²) in [6, 6.07) is -0.536. The van der Waals surface area contributed by atoms with Crippen LogP contribution in [0.4, 0.5) is 0 Å². The van der Waals surface area contributed by atoms with Gasteiger partial charge in [0.1, 0.15) is 11.9 Å². The number of nitrogens with zero attached hydrogens (tertiary/aromatic N) is 3. The molecule has 0 saturated heterocycles. The summed E-state index contributed by atoms with van der Waals surface area (Å²) in [6.45, 7) is 5.73. The number of carboxylic acids is 1. The SMILES string of the molecule is COC(=O)C(CC(C)C)n1c(C)nnc1SCC(=O)O. The van der Waals surface area contributed by atoms with Crippen molar-refractivity contribution in [3.63, 3.8) is 0 Å². The van der Waals surface area contributed by atoms with Gasteiger partial charge in [-0.2, -0.15) is 0 Å². The molecule has 0 radical (unpaired) electrons. The largest absolute Gasteiger partial charge is 0.481 e. The summed E-state index contributed by atoms with van der Waals surface area (Å²) in [5.74, 6) is -0.611. The Hall–Kier alpha value is -1.57. The molecule has 0 saturated carbocycles. The molecule has 0 amide bonds. The van der Waals surface area contributed by atoms with Gasteiger partial charge in [-0.1, -0.05) is 25.6 Å². The summed E-state index contributed by atoms with van der Waals surface area (Å²) in [6.07, 6.45) is 0.576. The summed E-state index contributed by atoms with van der Waals surface area (Å²) in [5.41, 5.74) is 0. The molecule has 0 spiro atoms. The summed E-state index contributed by atoms with van der Waals surface area (Å²) in [4.78, 5) is 22.6. The monoisotopic (exact) mass is 301 g/mol. The molecular formula is C12H19N3O4S. The molecule has 7 nitrogen and oxygen atoms in total. The van der Waals surface area contributed by atoms with Crippen molar-refractivity contribution in [2.24, 2.45) is 5.92 Å². The van der Waals surface area contributed by atoms with Gasteiger partial charge in [0.25, 0.3) is 0 Å². The quantitative estimate of drug-likeness (QED) is 0.602. The average Bonchev–Trinajstić information content (AvgIpc) is 2.73. The van der Waals surface area contributed by atoms with E-state index in [9.17, 15) is 9.59 Å². The molecule has 0 aliphatic carbocycles. The number of rotatable bonds is 7. The molecule has 0 bridgehead atoms. The Bertz CT molecular complexity index is 487. The van der Waals surface area contributed by atoms with Crippen LogP contribution >= 0.6 is 11.8 Å². The van der Waals surface area contributed by atoms with Crippen LogP contribution in [0.25, 0.3) is 0 Å². The molecule has 0 aliphatic rings. The van der Waals surface area contributed by atoms with Crippen LogP contribution in [0.5, 0.6) is 0 Å². The minimum atomic E-state index is -0.944. The highest BCUT2D eigenvalue weighted by atomic mass is 32.2. The van der Waals surface area contributed by atoms with E-state index in [1.165, 1.54) is 7.11 Å². The van der Waals surface area contributed by atoms with Crippen LogP contribution < -0.4 is 0 Å². The Morgan fingerprint density at radius 1 is 1.40 bits per heavy atom. The van der Waals surface area contributed by atoms with Crippen LogP contribution in [0.3, 0.4) is 0 Å². The fourth-order valence-corrected chi connectivity index (χ4v) is 2.57. The molecule has 1 atom stereocenters. The maximum Gasteiger partial charge on any atom is 0.328 e. The fourth-order valence-electron chi connectivity index (χ4n) is 1.82. The highest BCUT2D eigenvalue weighted by Crippen LogP contribution is 2.26. The normalized spacial score (nSPS) is 12.4. The molecule has 1 unspecified atom stereocenters. The Morgan fingerprint density at radius 2 is 2.05 bits per heavy atom. The zero-order chi connectivity index (χ0) is 15.3. The van der Waals surface area contributed by atoms with Gasteiger partial charge in [-0.15, -0.1) is 10.2 Å². The number of carbonyl (C=O) groups is 2. The van der Waals surface area contributed by atoms with E-state index in [1.807, 2.05) is 13.8 Å². The van der Waals surface area contributed by atoms with Crippen molar-refractivity contribution in [2.45, 2.75) is 38.4 Å². The lowest BCUT2D eigenvalue weighted by Gasteiger charge is -2.20. The summed E-state index contributed by atoms with van der Waals surface area (Å²) < 4.78 is 6.48. The van der Waals surface area contributed by atoms with Crippen LogP contribution in [0.1, 0.15) is 32.1 Å². The second-order valence-electron chi connectivity index (χ2n) is 4.75. The van der Waals surface area contributed by atoms with E-state index in [1.54, 1.807) is 11.5 Å². The predicted molar refractivity (Wildman–Crippen MR) is 73.6 cm³/mol. The van der Waals surface area contributed by atoms with E-state index >= 15 is 0 Å². The Balaban J connectivity index is 3.08. The minimum Gasteiger partial charge on any atom is -0.481 e. The van der Waals surface area contributed by atoms with Crippen LogP contribution in [-0.2, 0) is 14.3 Å². The fraction of sp³-hybridized carbons (Fsp3) is 0.667. The third-order valence-electron chi connectivity index (χ3n) is 2.64. The second-order valence-corrected chi connectivity index (χ2v) is 5.69. The number of methoxy groups -OCH3 is 1. The molecule has 1 aromatic rings. The Labute approximate surface area is 121 Å². The van der Waals surface area contributed by atoms with Crippen molar-refractivity contribution in [3.8, 4) is 0 Å². The molecule has 8 heteroatoms. The Kier molecular flexibility index (Phi) is 6.00. The third kappa shape index (κ3) is 4.22. The van der Waals surface area contributed by atoms with Crippen molar-refractivity contribution < 1.29 is 19.4 Å². The summed E-state index contributed by atoms with van der Waals surface area (Å²) >= 11 is 1.04. The van der Waals surface area contributed by atoms with Crippen molar-refractivity contribution in [1.82, 2.24) is 14.8 Å². The number of hydrogen-bond donors (Lipinski definition) is 1. The van der Waals surface area contributed by atoms with Crippen molar-refractivity contribution >= 4 is 23.7 Å². The zero-order valence-corrected chi connectivity index (χ0v) is 12.8. The number of ether oxygens (including phenoxy) is 1. The van der Waals surface area contributed by atoms with Gasteiger partial charge in [-0.05, 0) is 19.3 Å². The van der Waals surface area contributed by atoms with Gasteiger partial charge in [-0.3, -0.25) is 9.36 Å². The number of thioether (sulfide) groups is 1. The Morgan fingerprint density at radius 3 is 2.55 bits per heavy atom. The molecule has 1 heterocycles. The molecule has 0 aliphatic heterocycles. The lowest BCUT2D eigenvalue weighted by atomic mass is 10.0. The smallest absolute Gasteiger partial charge is 0.328 e. The maximum absolute atomic E-state index is 12.0. The standard InChI is InChI=1S/C12H19N3O4S/c1-7(2)5-9(11(18)19-4)15-8(3)13-14-12(15)20-6-10(16)17/h7,9H,5-6H2,1-4H3,(H,16,17). The van der Waals surface area contributed by atoms with E-state index in [0.29, 0.717) is 17.4 Å². The van der Waals surface area contributed by atoms with Crippen molar-refractivity contribution in [3.05, 3.63) is 5.82 Å². The number of aryl methyl sites for hydroxylation is 1. The second kappa shape index (κ2) is 7.28. The van der Waals surface area contributed by atoms with Gasteiger partial charge in [0.05, 0.1) is 12.9 Å². The minimum absolute atomic E-state index is 0.131. The first-order valence-electron chi connectivity index (χ1n) is 6.20. The average molecular weight is 301 g/mol. The van der Waals surface area contributed by atoms with Crippen molar-refractivity contribution in [1.29, 1.82) is 0 Å². The number of aliphatic carboxylic acids is 1. The molecule has 112 valence electrons. The van der Waals surface area contributed by atoms with E-state index in [-0.39, 0.29) is 17.6 Å². The lowest BCUT2D eigenvalue weighted by molar-refractivity contribution is -0.145. The zero-order valence-electron chi connectivity index (χ0n) is 12.0. The van der Waals surface area contributed by atoms with Gasteiger partial charge < -0.3 is 9.84 Å². The first kappa shape index (κ1) is 16.5. The van der Waals surface area contributed by atoms with Crippen LogP contribution in [-0.4, -0.2) is 44.7 Å². The van der Waals surface area contributed by atoms with Crippen LogP contribution in [0, 0.1) is 12.8 Å². The van der Waals surface area contributed by atoms with Gasteiger partial charge >= 0.3 is 11.9 Å². The van der Waals surface area contributed by atoms with Gasteiger partial charge in [0.2, 0.25) is 0 Å². The van der Waals surface area contributed by atoms with E-state index < -0.39 is 12.0 Å². The number of carboxylic acid groups (broad SMARTS) is 1. The third-order valence-corrected chi connectivity index (χ3v) is 3.57. The molecule has 1 N–H and O–H groups in total. The molecule has 0 aromatic carbocycles. The maximum atomic E-state index is 12.0. The highest BCUT2D eigenvalue weighted by Gasteiger charge is 2.27. The summed E-state index contributed by atoms with van der Waals surface area (Å²) in [5, 5.41) is 17.0. The van der Waals surface area contributed by atoms with Gasteiger partial charge in [0.15, 0.2) is 5.16 Å². The van der Waals surface area contributed by atoms with Crippen LogP contribution in [0.2, 0.25) is 0 Å². The molecule has 1 rings (SSSR count). The summed E-state index contributed by atoms with van der Waals surface area (Å²) in [7, 11) is 1.33. The number of hydrogen-bond acceptors (Lipinski definition) is 6. The molecule has 1 aromatic heterocycles. The van der Waals surface area contributed by atoms with Gasteiger partial charge in [0, 0.05) is 0 Å². The van der Waals surface area contributed by atoms with E-state index in [2.05, 4.69) is 10.2 Å². The molecule has 0 fully saturated rings. The van der Waals surface area contributed by atoms with Crippen LogP contribution in [0.15, 0.2) is 5.16 Å². The first-order valence-corrected chi connectivity index (χ1v) is 7.19. The topological polar surface area (TPSA) is 94.3 Å². The number of carbonyl (C=O) groups excluding carboxylic acids is 1. The van der Waals surface area contributed by atoms with E-state index in [4.69, 9.17) is 9.84 Å². The first-order chi connectivity index (χ1) is 9.36.